The second kappa shape index (κ2) is 4.12. The zero-order valence-corrected chi connectivity index (χ0v) is 11.5. The number of ether oxygens (including phenoxy) is 1. The van der Waals surface area contributed by atoms with Crippen molar-refractivity contribution < 1.29 is 4.74 Å². The molecule has 0 fully saturated rings. The van der Waals surface area contributed by atoms with Gasteiger partial charge in [0.25, 0.3) is 0 Å². The first-order valence-corrected chi connectivity index (χ1v) is 6.70. The highest BCUT2D eigenvalue weighted by Crippen LogP contribution is 2.36. The first-order valence-electron chi connectivity index (χ1n) is 6.32. The van der Waals surface area contributed by atoms with Gasteiger partial charge >= 0.3 is 0 Å². The lowest BCUT2D eigenvalue weighted by molar-refractivity contribution is 0.419. The minimum Gasteiger partial charge on any atom is -0.495 e. The van der Waals surface area contributed by atoms with Gasteiger partial charge in [0.1, 0.15) is 5.75 Å². The van der Waals surface area contributed by atoms with Gasteiger partial charge in [0, 0.05) is 10.8 Å². The Bertz CT molecular complexity index is 959. The summed E-state index contributed by atoms with van der Waals surface area (Å²) in [5.41, 5.74) is 3.55. The van der Waals surface area contributed by atoms with Crippen LogP contribution in [0.25, 0.3) is 32.8 Å². The van der Waals surface area contributed by atoms with Crippen molar-refractivity contribution in [1.29, 1.82) is 0 Å². The van der Waals surface area contributed by atoms with Gasteiger partial charge in [-0.15, -0.1) is 0 Å². The molecule has 0 radical (unpaired) electrons. The average molecular weight is 283 g/mol. The van der Waals surface area contributed by atoms with Gasteiger partial charge in [0.15, 0.2) is 0 Å². The Balaban J connectivity index is 2.27. The topological polar surface area (TPSA) is 37.9 Å². The van der Waals surface area contributed by atoms with Crippen molar-refractivity contribution in [2.45, 2.75) is 0 Å². The molecule has 4 aromatic rings. The molecule has 0 amide bonds. The maximum absolute atomic E-state index is 6.53. The second-order valence-corrected chi connectivity index (χ2v) is 5.05. The fourth-order valence-electron chi connectivity index (χ4n) is 2.63. The molecular formula is C16H11ClN2O. The van der Waals surface area contributed by atoms with Crippen molar-refractivity contribution in [2.24, 2.45) is 0 Å². The van der Waals surface area contributed by atoms with Crippen molar-refractivity contribution in [1.82, 2.24) is 9.97 Å². The smallest absolute Gasteiger partial charge is 0.143 e. The Hall–Kier alpha value is -2.26. The van der Waals surface area contributed by atoms with Crippen molar-refractivity contribution in [2.75, 3.05) is 7.11 Å². The molecule has 0 bridgehead atoms. The van der Waals surface area contributed by atoms with Crippen LogP contribution in [0.3, 0.4) is 0 Å². The molecule has 0 atom stereocenters. The van der Waals surface area contributed by atoms with Crippen LogP contribution in [-0.2, 0) is 0 Å². The molecule has 0 spiro atoms. The number of nitrogens with zero attached hydrogens (tertiary/aromatic N) is 1. The summed E-state index contributed by atoms with van der Waals surface area (Å²) in [4.78, 5) is 8.07. The molecule has 2 aromatic heterocycles. The molecule has 4 heteroatoms. The molecule has 0 aliphatic heterocycles. The quantitative estimate of drug-likeness (QED) is 0.557. The minimum absolute atomic E-state index is 0.698. The first kappa shape index (κ1) is 11.6. The van der Waals surface area contributed by atoms with E-state index in [2.05, 4.69) is 4.98 Å². The zero-order chi connectivity index (χ0) is 13.7. The van der Waals surface area contributed by atoms with E-state index in [9.17, 15) is 0 Å². The molecule has 98 valence electrons. The van der Waals surface area contributed by atoms with E-state index >= 15 is 0 Å². The Kier molecular flexibility index (Phi) is 2.38. The number of aromatic amines is 1. The van der Waals surface area contributed by atoms with Crippen LogP contribution in [0.2, 0.25) is 5.02 Å². The van der Waals surface area contributed by atoms with Gasteiger partial charge in [-0.1, -0.05) is 41.9 Å². The number of fused-ring (bicyclic) bond motifs is 4. The van der Waals surface area contributed by atoms with Crippen LogP contribution < -0.4 is 4.74 Å². The van der Waals surface area contributed by atoms with Gasteiger partial charge < -0.3 is 9.72 Å². The summed E-state index contributed by atoms with van der Waals surface area (Å²) in [7, 11) is 1.66. The Morgan fingerprint density at radius 2 is 1.80 bits per heavy atom. The molecule has 0 saturated carbocycles. The van der Waals surface area contributed by atoms with Gasteiger partial charge in [-0.2, -0.15) is 0 Å². The maximum atomic E-state index is 6.53. The number of halogens is 1. The monoisotopic (exact) mass is 282 g/mol. The van der Waals surface area contributed by atoms with E-state index in [1.54, 1.807) is 7.11 Å². The number of H-pyrrole nitrogens is 1. The Morgan fingerprint density at radius 1 is 1.00 bits per heavy atom. The van der Waals surface area contributed by atoms with Gasteiger partial charge in [-0.05, 0) is 12.1 Å². The number of hydrogen-bond acceptors (Lipinski definition) is 2. The number of nitrogens with one attached hydrogen (secondary N) is 1. The van der Waals surface area contributed by atoms with Crippen LogP contribution in [0.4, 0.5) is 0 Å². The van der Waals surface area contributed by atoms with Crippen molar-refractivity contribution >= 4 is 44.4 Å². The average Bonchev–Trinajstić information content (AvgIpc) is 2.87. The third-order valence-electron chi connectivity index (χ3n) is 3.58. The lowest BCUT2D eigenvalue weighted by Crippen LogP contribution is -1.82. The molecule has 3 nitrogen and oxygen atoms in total. The van der Waals surface area contributed by atoms with Gasteiger partial charge in [-0.3, -0.25) is 0 Å². The van der Waals surface area contributed by atoms with Crippen molar-refractivity contribution in [3.63, 3.8) is 0 Å². The lowest BCUT2D eigenvalue weighted by atomic mass is 10.1. The summed E-state index contributed by atoms with van der Waals surface area (Å²) < 4.78 is 5.39. The number of rotatable bonds is 1. The Morgan fingerprint density at radius 3 is 2.65 bits per heavy atom. The minimum atomic E-state index is 0.698. The van der Waals surface area contributed by atoms with Gasteiger partial charge in [0.05, 0.1) is 34.2 Å². The zero-order valence-electron chi connectivity index (χ0n) is 10.8. The number of methoxy groups -OCH3 is 1. The van der Waals surface area contributed by atoms with E-state index in [1.807, 2.05) is 42.5 Å². The number of aromatic nitrogens is 2. The van der Waals surface area contributed by atoms with Crippen LogP contribution >= 0.6 is 11.6 Å². The third-order valence-corrected chi connectivity index (χ3v) is 3.97. The summed E-state index contributed by atoms with van der Waals surface area (Å²) in [6.07, 6.45) is 0. The second-order valence-electron chi connectivity index (χ2n) is 4.67. The number of pyridine rings is 1. The fraction of sp³-hybridized carbons (Fsp3) is 0.0625. The molecule has 2 aromatic carbocycles. The molecule has 2 heterocycles. The summed E-state index contributed by atoms with van der Waals surface area (Å²) >= 11 is 6.53. The van der Waals surface area contributed by atoms with E-state index in [-0.39, 0.29) is 0 Å². The van der Waals surface area contributed by atoms with E-state index in [0.717, 1.165) is 38.6 Å². The Labute approximate surface area is 120 Å². The summed E-state index contributed by atoms with van der Waals surface area (Å²) in [5, 5.41) is 2.67. The normalized spacial score (nSPS) is 11.5. The van der Waals surface area contributed by atoms with Crippen molar-refractivity contribution in [3.8, 4) is 5.75 Å². The van der Waals surface area contributed by atoms with E-state index in [0.29, 0.717) is 5.02 Å². The van der Waals surface area contributed by atoms with Crippen LogP contribution in [0.5, 0.6) is 5.75 Å². The highest BCUT2D eigenvalue weighted by atomic mass is 35.5. The molecule has 0 saturated heterocycles. The van der Waals surface area contributed by atoms with Crippen molar-refractivity contribution in [3.05, 3.63) is 47.5 Å². The molecule has 1 N–H and O–H groups in total. The predicted octanol–water partition coefficient (Wildman–Crippen LogP) is 4.53. The molecular weight excluding hydrogens is 272 g/mol. The van der Waals surface area contributed by atoms with Crippen LogP contribution in [0.1, 0.15) is 0 Å². The van der Waals surface area contributed by atoms with Crippen LogP contribution in [-0.4, -0.2) is 17.1 Å². The highest BCUT2D eigenvalue weighted by molar-refractivity contribution is 6.40. The molecule has 0 aliphatic carbocycles. The van der Waals surface area contributed by atoms with E-state index in [4.69, 9.17) is 21.3 Å². The lowest BCUT2D eigenvalue weighted by Gasteiger charge is -2.01. The first-order chi connectivity index (χ1) is 9.79. The maximum Gasteiger partial charge on any atom is 0.143 e. The molecule has 0 aliphatic rings. The third kappa shape index (κ3) is 1.44. The standard InChI is InChI=1S/C16H11ClN2O/c1-20-12-8-4-6-10-14(12)19-16-13(17)9-5-2-3-7-11(9)18-15(10)16/h2-8,19H,1H3. The van der Waals surface area contributed by atoms with Gasteiger partial charge in [-0.25, -0.2) is 4.98 Å². The molecule has 0 unspecified atom stereocenters. The van der Waals surface area contributed by atoms with Crippen LogP contribution in [0, 0.1) is 0 Å². The fourth-order valence-corrected chi connectivity index (χ4v) is 2.93. The SMILES string of the molecule is COc1cccc2c1[nH]c1c(Cl)c3ccccc3nc12. The number of hydrogen-bond donors (Lipinski definition) is 1. The number of benzene rings is 2. The molecule has 4 rings (SSSR count). The molecule has 20 heavy (non-hydrogen) atoms. The van der Waals surface area contributed by atoms with E-state index < -0.39 is 0 Å². The van der Waals surface area contributed by atoms with E-state index in [1.165, 1.54) is 0 Å². The summed E-state index contributed by atoms with van der Waals surface area (Å²) in [5.74, 6) is 0.792. The summed E-state index contributed by atoms with van der Waals surface area (Å²) in [6, 6.07) is 13.8. The largest absolute Gasteiger partial charge is 0.495 e. The highest BCUT2D eigenvalue weighted by Gasteiger charge is 2.14. The summed E-state index contributed by atoms with van der Waals surface area (Å²) in [6.45, 7) is 0. The van der Waals surface area contributed by atoms with Crippen LogP contribution in [0.15, 0.2) is 42.5 Å². The predicted molar refractivity (Wildman–Crippen MR) is 82.7 cm³/mol. The van der Waals surface area contributed by atoms with Gasteiger partial charge in [0.2, 0.25) is 0 Å². The number of para-hydroxylation sites is 2.